The molecule has 5 rings (SSSR count). The fourth-order valence-corrected chi connectivity index (χ4v) is 4.86. The van der Waals surface area contributed by atoms with Crippen LogP contribution in [0.2, 0.25) is 5.02 Å². The molecule has 0 saturated carbocycles. The quantitative estimate of drug-likeness (QED) is 0.341. The number of benzene rings is 1. The standard InChI is InChI=1S/C25H24ClF3N6O4/c26-17-7-19-23(34-22(17)13-2-1-3-14(6-13)25(27,28)29)32-15-4-5-18(35(19)9-15)24(38)33-20-8-21(31-12-30-20)39-11-16(37)10-36/h1-3,6-8,12,15-16,18,36-37H,4-5,9-11H2,(H,32,34)(H,30,31,33,38)/t15-,16-,18?/m0/s1. The predicted molar refractivity (Wildman–Crippen MR) is 137 cm³/mol. The number of ether oxygens (including phenoxy) is 1. The normalized spacial score (nSPS) is 19.1. The Morgan fingerprint density at radius 1 is 1.26 bits per heavy atom. The van der Waals surface area contributed by atoms with E-state index in [1.54, 1.807) is 6.07 Å². The Morgan fingerprint density at radius 2 is 2.08 bits per heavy atom. The Balaban J connectivity index is 1.37. The molecule has 1 unspecified atom stereocenters. The summed E-state index contributed by atoms with van der Waals surface area (Å²) in [5.41, 5.74) is 0.198. The van der Waals surface area contributed by atoms with Gasteiger partial charge in [-0.1, -0.05) is 23.7 Å². The highest BCUT2D eigenvalue weighted by molar-refractivity contribution is 6.33. The van der Waals surface area contributed by atoms with Gasteiger partial charge in [0.05, 0.1) is 28.6 Å². The van der Waals surface area contributed by atoms with E-state index in [2.05, 4.69) is 25.6 Å². The summed E-state index contributed by atoms with van der Waals surface area (Å²) in [5, 5.41) is 24.6. The van der Waals surface area contributed by atoms with E-state index in [0.29, 0.717) is 30.9 Å². The van der Waals surface area contributed by atoms with E-state index in [0.717, 1.165) is 12.1 Å². The molecule has 2 aliphatic heterocycles. The first kappa shape index (κ1) is 26.9. The number of halogens is 4. The van der Waals surface area contributed by atoms with Crippen LogP contribution in [0.3, 0.4) is 0 Å². The van der Waals surface area contributed by atoms with Crippen molar-refractivity contribution >= 4 is 34.8 Å². The van der Waals surface area contributed by atoms with Crippen molar-refractivity contribution in [2.75, 3.05) is 35.3 Å². The molecule has 4 N–H and O–H groups in total. The first-order valence-corrected chi connectivity index (χ1v) is 12.5. The number of anilines is 3. The van der Waals surface area contributed by atoms with Gasteiger partial charge in [0.25, 0.3) is 0 Å². The summed E-state index contributed by atoms with van der Waals surface area (Å²) in [4.78, 5) is 27.7. The molecule has 1 amide bonds. The molecule has 0 radical (unpaired) electrons. The van der Waals surface area contributed by atoms with Crippen LogP contribution in [0.4, 0.5) is 30.5 Å². The van der Waals surface area contributed by atoms with Gasteiger partial charge in [-0.3, -0.25) is 4.79 Å². The summed E-state index contributed by atoms with van der Waals surface area (Å²) in [6.07, 6.45) is -3.20. The molecule has 3 atom stereocenters. The summed E-state index contributed by atoms with van der Waals surface area (Å²) in [6.45, 7) is -0.147. The third-order valence-electron chi connectivity index (χ3n) is 6.48. The van der Waals surface area contributed by atoms with Gasteiger partial charge in [0.15, 0.2) is 5.82 Å². The molecule has 10 nitrogen and oxygen atoms in total. The number of rotatable bonds is 7. The van der Waals surface area contributed by atoms with Crippen molar-refractivity contribution in [3.05, 3.63) is 53.3 Å². The number of amides is 1. The van der Waals surface area contributed by atoms with E-state index in [9.17, 15) is 23.1 Å². The molecule has 2 aromatic heterocycles. The van der Waals surface area contributed by atoms with Crippen LogP contribution in [0, 0.1) is 0 Å². The van der Waals surface area contributed by atoms with Crippen molar-refractivity contribution in [1.29, 1.82) is 0 Å². The van der Waals surface area contributed by atoms with Crippen LogP contribution in [-0.2, 0) is 11.0 Å². The van der Waals surface area contributed by atoms with Crippen molar-refractivity contribution < 1.29 is 32.9 Å². The SMILES string of the molecule is O=C(Nc1cc(OC[C@@H](O)CO)ncn1)C1CC[C@H]2CN1c1cc(Cl)c(-c3cccc(C(F)(F)F)c3)nc1N2. The average molecular weight is 565 g/mol. The minimum absolute atomic E-state index is 0.0124. The van der Waals surface area contributed by atoms with Gasteiger partial charge in [-0.2, -0.15) is 13.2 Å². The Labute approximate surface area is 225 Å². The highest BCUT2D eigenvalue weighted by Crippen LogP contribution is 2.42. The summed E-state index contributed by atoms with van der Waals surface area (Å²) >= 11 is 6.51. The lowest BCUT2D eigenvalue weighted by molar-refractivity contribution is -0.137. The fraction of sp³-hybridized carbons (Fsp3) is 0.360. The van der Waals surface area contributed by atoms with Gasteiger partial charge in [0.2, 0.25) is 11.8 Å². The van der Waals surface area contributed by atoms with Crippen LogP contribution in [-0.4, -0.2) is 69.0 Å². The molecule has 1 saturated heterocycles. The van der Waals surface area contributed by atoms with Crippen LogP contribution in [0.5, 0.6) is 5.88 Å². The van der Waals surface area contributed by atoms with E-state index in [-0.39, 0.29) is 46.5 Å². The maximum atomic E-state index is 13.3. The molecule has 3 aromatic rings. The van der Waals surface area contributed by atoms with Crippen LogP contribution in [0.25, 0.3) is 11.3 Å². The third kappa shape index (κ3) is 5.84. The summed E-state index contributed by atoms with van der Waals surface area (Å²) in [7, 11) is 0. The van der Waals surface area contributed by atoms with Crippen molar-refractivity contribution in [2.45, 2.75) is 37.2 Å². The highest BCUT2D eigenvalue weighted by atomic mass is 35.5. The molecule has 1 aromatic carbocycles. The number of piperidine rings is 1. The second-order valence-corrected chi connectivity index (χ2v) is 9.64. The zero-order chi connectivity index (χ0) is 27.7. The number of hydrogen-bond acceptors (Lipinski definition) is 9. The van der Waals surface area contributed by atoms with Gasteiger partial charge in [-0.05, 0) is 31.0 Å². The van der Waals surface area contributed by atoms with Crippen molar-refractivity contribution in [2.24, 2.45) is 0 Å². The van der Waals surface area contributed by atoms with Gasteiger partial charge < -0.3 is 30.5 Å². The second-order valence-electron chi connectivity index (χ2n) is 9.23. The summed E-state index contributed by atoms with van der Waals surface area (Å²) in [5.74, 6) is 0.402. The fourth-order valence-electron chi connectivity index (χ4n) is 4.60. The smallest absolute Gasteiger partial charge is 0.416 e. The van der Waals surface area contributed by atoms with Gasteiger partial charge in [-0.15, -0.1) is 0 Å². The molecule has 206 valence electrons. The zero-order valence-corrected chi connectivity index (χ0v) is 21.1. The van der Waals surface area contributed by atoms with Crippen LogP contribution >= 0.6 is 11.6 Å². The van der Waals surface area contributed by atoms with Gasteiger partial charge >= 0.3 is 6.18 Å². The topological polar surface area (TPSA) is 133 Å². The van der Waals surface area contributed by atoms with Crippen molar-refractivity contribution in [1.82, 2.24) is 15.0 Å². The number of nitrogens with one attached hydrogen (secondary N) is 2. The number of aliphatic hydroxyl groups excluding tert-OH is 2. The molecular formula is C25H24ClF3N6O4. The molecule has 0 aliphatic carbocycles. The minimum atomic E-state index is -4.50. The molecule has 4 heterocycles. The van der Waals surface area contributed by atoms with Crippen LogP contribution in [0.1, 0.15) is 18.4 Å². The number of aliphatic hydroxyl groups is 2. The van der Waals surface area contributed by atoms with E-state index >= 15 is 0 Å². The summed E-state index contributed by atoms with van der Waals surface area (Å²) < 4.78 is 45.1. The Morgan fingerprint density at radius 3 is 2.85 bits per heavy atom. The third-order valence-corrected chi connectivity index (χ3v) is 6.77. The molecule has 39 heavy (non-hydrogen) atoms. The van der Waals surface area contributed by atoms with E-state index < -0.39 is 30.5 Å². The highest BCUT2D eigenvalue weighted by Gasteiger charge is 2.39. The monoisotopic (exact) mass is 564 g/mol. The number of carbonyl (C=O) groups is 1. The van der Waals surface area contributed by atoms with Crippen LogP contribution < -0.4 is 20.3 Å². The Hall–Kier alpha value is -3.68. The average Bonchev–Trinajstić information content (AvgIpc) is 2.92. The van der Waals surface area contributed by atoms with E-state index in [1.807, 2.05) is 4.90 Å². The van der Waals surface area contributed by atoms with Crippen molar-refractivity contribution in [3.8, 4) is 17.1 Å². The van der Waals surface area contributed by atoms with E-state index in [4.69, 9.17) is 21.4 Å². The first-order valence-electron chi connectivity index (χ1n) is 12.1. The van der Waals surface area contributed by atoms with Gasteiger partial charge in [0, 0.05) is 24.2 Å². The molecule has 2 aliphatic rings. The Kier molecular flexibility index (Phi) is 7.47. The predicted octanol–water partition coefficient (Wildman–Crippen LogP) is 3.34. The number of nitrogens with zero attached hydrogens (tertiary/aromatic N) is 4. The first-order chi connectivity index (χ1) is 18.6. The number of alkyl halides is 3. The number of fused-ring (bicyclic) bond motifs is 4. The number of aromatic nitrogens is 3. The van der Waals surface area contributed by atoms with Crippen LogP contribution in [0.15, 0.2) is 42.7 Å². The number of carbonyl (C=O) groups excluding carboxylic acids is 1. The Bertz CT molecular complexity index is 1380. The molecule has 2 bridgehead atoms. The number of pyridine rings is 1. The number of hydrogen-bond donors (Lipinski definition) is 4. The lowest BCUT2D eigenvalue weighted by Crippen LogP contribution is -2.55. The molecular weight excluding hydrogens is 541 g/mol. The molecule has 0 spiro atoms. The lowest BCUT2D eigenvalue weighted by atomic mass is 9.94. The minimum Gasteiger partial charge on any atom is -0.475 e. The van der Waals surface area contributed by atoms with E-state index in [1.165, 1.54) is 24.5 Å². The second kappa shape index (κ2) is 10.8. The lowest BCUT2D eigenvalue weighted by Gasteiger charge is -2.45. The summed E-state index contributed by atoms with van der Waals surface area (Å²) in [6, 6.07) is 7.22. The zero-order valence-electron chi connectivity index (χ0n) is 20.3. The van der Waals surface area contributed by atoms with Gasteiger partial charge in [0.1, 0.15) is 30.9 Å². The molecule has 1 fully saturated rings. The van der Waals surface area contributed by atoms with Gasteiger partial charge in [-0.25, -0.2) is 15.0 Å². The van der Waals surface area contributed by atoms with Crippen molar-refractivity contribution in [3.63, 3.8) is 0 Å². The maximum Gasteiger partial charge on any atom is 0.416 e. The maximum absolute atomic E-state index is 13.3. The largest absolute Gasteiger partial charge is 0.475 e. The molecule has 14 heteroatoms.